The van der Waals surface area contributed by atoms with Crippen LogP contribution in [0.3, 0.4) is 0 Å². The Labute approximate surface area is 101 Å². The van der Waals surface area contributed by atoms with Gasteiger partial charge in [-0.15, -0.1) is 0 Å². The highest BCUT2D eigenvalue weighted by molar-refractivity contribution is 5.71. The minimum Gasteiger partial charge on any atom is -0.481 e. The lowest BCUT2D eigenvalue weighted by molar-refractivity contribution is -0.420. The van der Waals surface area contributed by atoms with Gasteiger partial charge in [0.1, 0.15) is 0 Å². The van der Waals surface area contributed by atoms with Crippen molar-refractivity contribution in [1.82, 2.24) is 0 Å². The number of rotatable bonds is 6. The van der Waals surface area contributed by atoms with Gasteiger partial charge in [0.05, 0.1) is 11.3 Å². The molecule has 0 saturated carbocycles. The van der Waals surface area contributed by atoms with Crippen molar-refractivity contribution in [1.29, 1.82) is 0 Å². The van der Waals surface area contributed by atoms with Crippen molar-refractivity contribution in [3.63, 3.8) is 0 Å². The molecule has 5 heteroatoms. The van der Waals surface area contributed by atoms with E-state index in [0.717, 1.165) is 6.08 Å². The topological polar surface area (TPSA) is 80.4 Å². The summed E-state index contributed by atoms with van der Waals surface area (Å²) in [5.41, 5.74) is -0.199. The van der Waals surface area contributed by atoms with Crippen molar-refractivity contribution in [3.8, 4) is 0 Å². The SMILES string of the molecule is C=C/C=C(CC(=O)O)\C(=C/C=C)[N+](=O)[O-].CC. The number of hydrogen-bond donors (Lipinski definition) is 1. The first-order valence-electron chi connectivity index (χ1n) is 5.03. The number of allylic oxidation sites excluding steroid dienone is 5. The second-order valence-corrected chi connectivity index (χ2v) is 2.54. The zero-order chi connectivity index (χ0) is 13.8. The van der Waals surface area contributed by atoms with Gasteiger partial charge >= 0.3 is 5.97 Å². The van der Waals surface area contributed by atoms with E-state index in [0.29, 0.717) is 0 Å². The van der Waals surface area contributed by atoms with Gasteiger partial charge in [-0.3, -0.25) is 14.9 Å². The van der Waals surface area contributed by atoms with E-state index in [-0.39, 0.29) is 11.3 Å². The van der Waals surface area contributed by atoms with Crippen LogP contribution in [0.5, 0.6) is 0 Å². The molecule has 0 amide bonds. The maximum Gasteiger partial charge on any atom is 0.308 e. The van der Waals surface area contributed by atoms with E-state index in [2.05, 4.69) is 13.2 Å². The van der Waals surface area contributed by atoms with Gasteiger partial charge in [-0.1, -0.05) is 45.2 Å². The minimum atomic E-state index is -1.14. The summed E-state index contributed by atoms with van der Waals surface area (Å²) in [5.74, 6) is -1.14. The third kappa shape index (κ3) is 7.72. The van der Waals surface area contributed by atoms with Crippen LogP contribution in [0, 0.1) is 10.1 Å². The molecule has 17 heavy (non-hydrogen) atoms. The number of aliphatic carboxylic acids is 1. The molecule has 0 heterocycles. The van der Waals surface area contributed by atoms with Gasteiger partial charge < -0.3 is 5.11 Å². The fraction of sp³-hybridized carbons (Fsp3) is 0.250. The normalized spacial score (nSPS) is 10.9. The molecule has 5 nitrogen and oxygen atoms in total. The largest absolute Gasteiger partial charge is 0.481 e. The summed E-state index contributed by atoms with van der Waals surface area (Å²) in [6, 6.07) is 0. The summed E-state index contributed by atoms with van der Waals surface area (Å²) < 4.78 is 0. The molecule has 0 rings (SSSR count). The van der Waals surface area contributed by atoms with Crippen molar-refractivity contribution in [2.45, 2.75) is 20.3 Å². The standard InChI is InChI=1S/C10H11NO4.C2H6/c1-3-5-8(7-10(12)13)9(6-4-2)11(14)15;1-2/h3-6H,1-2,7H2,(H,12,13);1-2H3/b8-5-,9-6+;. The van der Waals surface area contributed by atoms with Gasteiger partial charge in [0, 0.05) is 11.6 Å². The summed E-state index contributed by atoms with van der Waals surface area (Å²) in [6.07, 6.45) is 4.56. The highest BCUT2D eigenvalue weighted by Gasteiger charge is 2.18. The molecular formula is C12H17NO4. The van der Waals surface area contributed by atoms with Gasteiger partial charge in [-0.2, -0.15) is 0 Å². The molecule has 0 aliphatic carbocycles. The second kappa shape index (κ2) is 10.4. The highest BCUT2D eigenvalue weighted by atomic mass is 16.6. The molecule has 0 spiro atoms. The zero-order valence-corrected chi connectivity index (χ0v) is 10.0. The van der Waals surface area contributed by atoms with E-state index in [1.54, 1.807) is 0 Å². The van der Waals surface area contributed by atoms with E-state index in [4.69, 9.17) is 5.11 Å². The predicted octanol–water partition coefficient (Wildman–Crippen LogP) is 2.95. The fourth-order valence-electron chi connectivity index (χ4n) is 0.937. The van der Waals surface area contributed by atoms with Crippen LogP contribution >= 0.6 is 0 Å². The quantitative estimate of drug-likeness (QED) is 0.439. The first-order valence-corrected chi connectivity index (χ1v) is 5.03. The number of carboxylic acid groups (broad SMARTS) is 1. The molecule has 0 aromatic rings. The summed E-state index contributed by atoms with van der Waals surface area (Å²) in [6.45, 7) is 10.7. The van der Waals surface area contributed by atoms with Crippen LogP contribution in [0.15, 0.2) is 48.7 Å². The van der Waals surface area contributed by atoms with Crippen molar-refractivity contribution in [2.75, 3.05) is 0 Å². The van der Waals surface area contributed by atoms with Crippen LogP contribution in [0.25, 0.3) is 0 Å². The highest BCUT2D eigenvalue weighted by Crippen LogP contribution is 2.15. The van der Waals surface area contributed by atoms with E-state index >= 15 is 0 Å². The average molecular weight is 239 g/mol. The van der Waals surface area contributed by atoms with E-state index in [9.17, 15) is 14.9 Å². The predicted molar refractivity (Wildman–Crippen MR) is 67.2 cm³/mol. The lowest BCUT2D eigenvalue weighted by Crippen LogP contribution is -2.06. The Morgan fingerprint density at radius 2 is 1.76 bits per heavy atom. The molecule has 0 fully saturated rings. The Kier molecular flexibility index (Phi) is 10.5. The fourth-order valence-corrected chi connectivity index (χ4v) is 0.937. The Balaban J connectivity index is 0. The summed E-state index contributed by atoms with van der Waals surface area (Å²) in [4.78, 5) is 20.4. The molecule has 0 aliphatic rings. The van der Waals surface area contributed by atoms with Crippen LogP contribution in [0.1, 0.15) is 20.3 Å². The minimum absolute atomic E-state index is 0.0856. The summed E-state index contributed by atoms with van der Waals surface area (Å²) in [5, 5.41) is 19.2. The molecule has 0 atom stereocenters. The van der Waals surface area contributed by atoms with Crippen LogP contribution in [-0.4, -0.2) is 16.0 Å². The first-order chi connectivity index (χ1) is 8.02. The molecule has 0 aromatic heterocycles. The second-order valence-electron chi connectivity index (χ2n) is 2.54. The summed E-state index contributed by atoms with van der Waals surface area (Å²) in [7, 11) is 0. The van der Waals surface area contributed by atoms with E-state index in [1.165, 1.54) is 18.2 Å². The molecule has 0 saturated heterocycles. The van der Waals surface area contributed by atoms with E-state index < -0.39 is 17.3 Å². The molecule has 0 bridgehead atoms. The molecule has 0 aromatic carbocycles. The Morgan fingerprint density at radius 1 is 1.29 bits per heavy atom. The van der Waals surface area contributed by atoms with Gasteiger partial charge in [-0.05, 0) is 0 Å². The average Bonchev–Trinajstić information content (AvgIpc) is 2.27. The molecular weight excluding hydrogens is 222 g/mol. The maximum absolute atomic E-state index is 10.6. The molecule has 0 unspecified atom stereocenters. The van der Waals surface area contributed by atoms with Crippen LogP contribution in [0.2, 0.25) is 0 Å². The van der Waals surface area contributed by atoms with Gasteiger partial charge in [-0.25, -0.2) is 0 Å². The van der Waals surface area contributed by atoms with Gasteiger partial charge in [0.2, 0.25) is 0 Å². The third-order valence-electron chi connectivity index (χ3n) is 1.46. The number of hydrogen-bond acceptors (Lipinski definition) is 3. The molecule has 94 valence electrons. The Morgan fingerprint density at radius 3 is 2.06 bits per heavy atom. The first kappa shape index (κ1) is 17.2. The lowest BCUT2D eigenvalue weighted by atomic mass is 10.1. The number of carboxylic acids is 1. The van der Waals surface area contributed by atoms with Crippen molar-refractivity contribution in [2.24, 2.45) is 0 Å². The molecule has 0 radical (unpaired) electrons. The molecule has 0 aliphatic heterocycles. The van der Waals surface area contributed by atoms with Crippen LogP contribution in [0.4, 0.5) is 0 Å². The monoisotopic (exact) mass is 239 g/mol. The zero-order valence-electron chi connectivity index (χ0n) is 10.0. The Bertz CT molecular complexity index is 354. The van der Waals surface area contributed by atoms with Crippen LogP contribution in [-0.2, 0) is 4.79 Å². The maximum atomic E-state index is 10.6. The smallest absolute Gasteiger partial charge is 0.308 e. The molecule has 1 N–H and O–H groups in total. The van der Waals surface area contributed by atoms with Crippen LogP contribution < -0.4 is 0 Å². The number of carbonyl (C=O) groups is 1. The van der Waals surface area contributed by atoms with Gasteiger partial charge in [0.25, 0.3) is 5.70 Å². The van der Waals surface area contributed by atoms with Crippen molar-refractivity contribution < 1.29 is 14.8 Å². The van der Waals surface area contributed by atoms with Crippen molar-refractivity contribution >= 4 is 5.97 Å². The lowest BCUT2D eigenvalue weighted by Gasteiger charge is -2.00. The van der Waals surface area contributed by atoms with Gasteiger partial charge in [0.15, 0.2) is 0 Å². The van der Waals surface area contributed by atoms with E-state index in [1.807, 2.05) is 13.8 Å². The Hall–Kier alpha value is -2.17. The van der Waals surface area contributed by atoms with Crippen molar-refractivity contribution in [3.05, 3.63) is 58.8 Å². The summed E-state index contributed by atoms with van der Waals surface area (Å²) >= 11 is 0. The number of nitro groups is 1. The third-order valence-corrected chi connectivity index (χ3v) is 1.46. The number of nitrogens with zero attached hydrogens (tertiary/aromatic N) is 1.